The Morgan fingerprint density at radius 3 is 2.88 bits per heavy atom. The Hall–Kier alpha value is -1.84. The molecule has 0 saturated heterocycles. The van der Waals surface area contributed by atoms with Crippen LogP contribution in [0.25, 0.3) is 0 Å². The van der Waals surface area contributed by atoms with Crippen LogP contribution in [0.2, 0.25) is 0 Å². The summed E-state index contributed by atoms with van der Waals surface area (Å²) in [6, 6.07) is 3.70. The summed E-state index contributed by atoms with van der Waals surface area (Å²) in [6.45, 7) is 4.33. The van der Waals surface area contributed by atoms with Gasteiger partial charge in [-0.15, -0.1) is 6.58 Å². The first kappa shape index (κ1) is 11.6. The summed E-state index contributed by atoms with van der Waals surface area (Å²) >= 11 is 0. The predicted octanol–water partition coefficient (Wildman–Crippen LogP) is 2.42. The van der Waals surface area contributed by atoms with Gasteiger partial charge >= 0.3 is 0 Å². The number of rotatable bonds is 5. The summed E-state index contributed by atoms with van der Waals surface area (Å²) in [5, 5.41) is 5.96. The van der Waals surface area contributed by atoms with E-state index >= 15 is 0 Å². The van der Waals surface area contributed by atoms with Gasteiger partial charge in [0.1, 0.15) is 5.82 Å². The molecular weight excluding hydrogens is 214 g/mol. The van der Waals surface area contributed by atoms with E-state index in [1.165, 1.54) is 0 Å². The molecule has 1 saturated carbocycles. The fourth-order valence-electron chi connectivity index (χ4n) is 1.66. The Labute approximate surface area is 101 Å². The molecule has 2 rings (SSSR count). The van der Waals surface area contributed by atoms with Crippen molar-refractivity contribution in [1.82, 2.24) is 4.98 Å². The minimum Gasteiger partial charge on any atom is -0.380 e. The van der Waals surface area contributed by atoms with Crippen LogP contribution in [0.5, 0.6) is 0 Å². The fourth-order valence-corrected chi connectivity index (χ4v) is 1.66. The van der Waals surface area contributed by atoms with Crippen LogP contribution in [0.4, 0.5) is 11.5 Å². The van der Waals surface area contributed by atoms with Gasteiger partial charge in [-0.2, -0.15) is 0 Å². The van der Waals surface area contributed by atoms with E-state index in [0.717, 1.165) is 24.9 Å². The molecule has 1 aromatic heterocycles. The Morgan fingerprint density at radius 2 is 2.35 bits per heavy atom. The first-order chi connectivity index (χ1) is 8.29. The molecule has 4 nitrogen and oxygen atoms in total. The quantitative estimate of drug-likeness (QED) is 0.765. The Balaban J connectivity index is 1.88. The molecule has 0 unspecified atom stereocenters. The van der Waals surface area contributed by atoms with Gasteiger partial charge in [0, 0.05) is 12.5 Å². The summed E-state index contributed by atoms with van der Waals surface area (Å²) in [7, 11) is 0. The highest BCUT2D eigenvalue weighted by Gasteiger charge is 2.25. The van der Waals surface area contributed by atoms with Crippen molar-refractivity contribution in [2.24, 2.45) is 5.92 Å². The van der Waals surface area contributed by atoms with Gasteiger partial charge in [-0.1, -0.05) is 12.5 Å². The molecule has 2 N–H and O–H groups in total. The summed E-state index contributed by atoms with van der Waals surface area (Å²) in [5.74, 6) is 0.900. The lowest BCUT2D eigenvalue weighted by atomic mass is 9.85. The number of hydrogen-bond donors (Lipinski definition) is 2. The molecular formula is C13H17N3O. The number of hydrogen-bond acceptors (Lipinski definition) is 3. The van der Waals surface area contributed by atoms with Gasteiger partial charge in [-0.05, 0) is 25.0 Å². The van der Waals surface area contributed by atoms with Crippen molar-refractivity contribution in [3.8, 4) is 0 Å². The molecule has 1 heterocycles. The van der Waals surface area contributed by atoms with Crippen LogP contribution >= 0.6 is 0 Å². The molecule has 0 radical (unpaired) electrons. The molecule has 0 bridgehead atoms. The largest absolute Gasteiger partial charge is 0.380 e. The summed E-state index contributed by atoms with van der Waals surface area (Å²) in [5.41, 5.74) is 0.923. The molecule has 4 heteroatoms. The van der Waals surface area contributed by atoms with Gasteiger partial charge in [0.25, 0.3) is 0 Å². The third kappa shape index (κ3) is 3.06. The van der Waals surface area contributed by atoms with E-state index in [1.807, 2.05) is 12.1 Å². The van der Waals surface area contributed by atoms with E-state index in [9.17, 15) is 4.79 Å². The van der Waals surface area contributed by atoms with E-state index in [0.29, 0.717) is 12.4 Å². The Bertz CT molecular complexity index is 396. The highest BCUT2D eigenvalue weighted by atomic mass is 16.2. The van der Waals surface area contributed by atoms with Crippen LogP contribution in [0, 0.1) is 5.92 Å². The topological polar surface area (TPSA) is 54.0 Å². The standard InChI is InChI=1S/C13H17N3O/c1-2-8-14-11-6-7-12(15-9-11)16-13(17)10-4-3-5-10/h2,6-7,9-10,14H,1,3-5,8H2,(H,15,16,17). The molecule has 1 amide bonds. The molecule has 0 atom stereocenters. The van der Waals surface area contributed by atoms with Crippen molar-refractivity contribution in [2.45, 2.75) is 19.3 Å². The van der Waals surface area contributed by atoms with Gasteiger partial charge in [0.2, 0.25) is 5.91 Å². The first-order valence-corrected chi connectivity index (χ1v) is 5.91. The smallest absolute Gasteiger partial charge is 0.228 e. The maximum atomic E-state index is 11.7. The van der Waals surface area contributed by atoms with Crippen molar-refractivity contribution in [2.75, 3.05) is 17.2 Å². The van der Waals surface area contributed by atoms with Crippen molar-refractivity contribution in [3.05, 3.63) is 31.0 Å². The van der Waals surface area contributed by atoms with Crippen molar-refractivity contribution < 1.29 is 4.79 Å². The zero-order valence-electron chi connectivity index (χ0n) is 9.78. The third-order valence-corrected chi connectivity index (χ3v) is 2.94. The number of nitrogens with zero attached hydrogens (tertiary/aromatic N) is 1. The molecule has 0 spiro atoms. The summed E-state index contributed by atoms with van der Waals surface area (Å²) in [6.07, 6.45) is 6.66. The number of pyridine rings is 1. The highest BCUT2D eigenvalue weighted by Crippen LogP contribution is 2.27. The fraction of sp³-hybridized carbons (Fsp3) is 0.385. The number of nitrogens with one attached hydrogen (secondary N) is 2. The van der Waals surface area contributed by atoms with Crippen molar-refractivity contribution in [1.29, 1.82) is 0 Å². The lowest BCUT2D eigenvalue weighted by Crippen LogP contribution is -2.28. The second-order valence-corrected chi connectivity index (χ2v) is 4.22. The Morgan fingerprint density at radius 1 is 1.53 bits per heavy atom. The first-order valence-electron chi connectivity index (χ1n) is 5.91. The van der Waals surface area contributed by atoms with Gasteiger partial charge in [-0.3, -0.25) is 4.79 Å². The monoisotopic (exact) mass is 231 g/mol. The minimum atomic E-state index is 0.0931. The van der Waals surface area contributed by atoms with Crippen LogP contribution in [-0.4, -0.2) is 17.4 Å². The van der Waals surface area contributed by atoms with Crippen LogP contribution < -0.4 is 10.6 Å². The number of carbonyl (C=O) groups is 1. The van der Waals surface area contributed by atoms with Crippen LogP contribution in [0.3, 0.4) is 0 Å². The molecule has 1 aromatic rings. The van der Waals surface area contributed by atoms with E-state index in [4.69, 9.17) is 0 Å². The predicted molar refractivity (Wildman–Crippen MR) is 68.9 cm³/mol. The second kappa shape index (κ2) is 5.48. The normalized spacial score (nSPS) is 14.8. The third-order valence-electron chi connectivity index (χ3n) is 2.94. The van der Waals surface area contributed by atoms with Crippen molar-refractivity contribution in [3.63, 3.8) is 0 Å². The summed E-state index contributed by atoms with van der Waals surface area (Å²) in [4.78, 5) is 15.9. The molecule has 1 fully saturated rings. The molecule has 0 aromatic carbocycles. The molecule has 17 heavy (non-hydrogen) atoms. The zero-order valence-corrected chi connectivity index (χ0v) is 9.78. The van der Waals surface area contributed by atoms with Crippen molar-refractivity contribution >= 4 is 17.4 Å². The van der Waals surface area contributed by atoms with Crippen LogP contribution in [-0.2, 0) is 4.79 Å². The SMILES string of the molecule is C=CCNc1ccc(NC(=O)C2CCC2)nc1. The molecule has 90 valence electrons. The second-order valence-electron chi connectivity index (χ2n) is 4.22. The van der Waals surface area contributed by atoms with E-state index in [1.54, 1.807) is 12.3 Å². The van der Waals surface area contributed by atoms with Gasteiger partial charge in [-0.25, -0.2) is 4.98 Å². The summed E-state index contributed by atoms with van der Waals surface area (Å²) < 4.78 is 0. The van der Waals surface area contributed by atoms with Crippen LogP contribution in [0.1, 0.15) is 19.3 Å². The average Bonchev–Trinajstić information content (AvgIpc) is 2.26. The molecule has 1 aliphatic rings. The number of aromatic nitrogens is 1. The lowest BCUT2D eigenvalue weighted by Gasteiger charge is -2.23. The number of carbonyl (C=O) groups excluding carboxylic acids is 1. The average molecular weight is 231 g/mol. The zero-order chi connectivity index (χ0) is 12.1. The Kier molecular flexibility index (Phi) is 3.75. The van der Waals surface area contributed by atoms with Gasteiger partial charge < -0.3 is 10.6 Å². The molecule has 1 aliphatic carbocycles. The highest BCUT2D eigenvalue weighted by molar-refractivity contribution is 5.92. The maximum Gasteiger partial charge on any atom is 0.228 e. The van der Waals surface area contributed by atoms with E-state index < -0.39 is 0 Å². The van der Waals surface area contributed by atoms with E-state index in [2.05, 4.69) is 22.2 Å². The minimum absolute atomic E-state index is 0.0931. The van der Waals surface area contributed by atoms with Crippen LogP contribution in [0.15, 0.2) is 31.0 Å². The number of anilines is 2. The molecule has 0 aliphatic heterocycles. The lowest BCUT2D eigenvalue weighted by molar-refractivity contribution is -0.122. The van der Waals surface area contributed by atoms with Gasteiger partial charge in [0.15, 0.2) is 0 Å². The maximum absolute atomic E-state index is 11.7. The van der Waals surface area contributed by atoms with Gasteiger partial charge in [0.05, 0.1) is 11.9 Å². The number of amides is 1. The van der Waals surface area contributed by atoms with E-state index in [-0.39, 0.29) is 11.8 Å².